The summed E-state index contributed by atoms with van der Waals surface area (Å²) in [6.45, 7) is 2.48. The van der Waals surface area contributed by atoms with E-state index in [1.165, 1.54) is 0 Å². The quantitative estimate of drug-likeness (QED) is 0.594. The summed E-state index contributed by atoms with van der Waals surface area (Å²) in [5.74, 6) is 3.54. The molecule has 0 amide bonds. The summed E-state index contributed by atoms with van der Waals surface area (Å²) in [5.41, 5.74) is 0.757. The first kappa shape index (κ1) is 18.6. The Bertz CT molecular complexity index is 1100. The van der Waals surface area contributed by atoms with Gasteiger partial charge in [0, 0.05) is 0 Å². The Balaban J connectivity index is 1.97. The van der Waals surface area contributed by atoms with Gasteiger partial charge in [0.2, 0.25) is 5.89 Å². The number of fused-ring (bicyclic) bond motifs is 1. The van der Waals surface area contributed by atoms with Gasteiger partial charge in [0.25, 0.3) is 0 Å². The highest BCUT2D eigenvalue weighted by atomic mass is 35.5. The second-order valence-corrected chi connectivity index (χ2v) is 5.86. The zero-order chi connectivity index (χ0) is 19.2. The first-order chi connectivity index (χ1) is 13.1. The molecular formula is C21H16ClNO4. The van der Waals surface area contributed by atoms with Gasteiger partial charge < -0.3 is 13.9 Å². The van der Waals surface area contributed by atoms with E-state index in [0.717, 1.165) is 5.56 Å². The minimum absolute atomic E-state index is 0.0472. The van der Waals surface area contributed by atoms with Gasteiger partial charge in [-0.05, 0) is 42.8 Å². The molecule has 6 heteroatoms. The summed E-state index contributed by atoms with van der Waals surface area (Å²) in [5, 5.41) is 0.594. The maximum absolute atomic E-state index is 12.1. The van der Waals surface area contributed by atoms with Crippen LogP contribution in [0.3, 0.4) is 0 Å². The number of nitrogens with zero attached hydrogens (tertiary/aromatic N) is 1. The van der Waals surface area contributed by atoms with E-state index in [1.54, 1.807) is 48.5 Å². The molecular weight excluding hydrogens is 366 g/mol. The third kappa shape index (κ3) is 4.30. The standard InChI is InChI=1S/C21H16ClNO4/c1-3-11-26-18-10-9-14(13-19(18)25-4-2)12-16(22)20-23-17-8-6-5-7-15(17)21(24)27-20/h1,5-10,12-13H,4,11H2,2H3/b16-12-. The lowest BCUT2D eigenvalue weighted by Gasteiger charge is -2.11. The number of hydrogen-bond acceptors (Lipinski definition) is 5. The second-order valence-electron chi connectivity index (χ2n) is 5.45. The Hall–Kier alpha value is -3.23. The molecule has 3 aromatic rings. The number of benzene rings is 2. The molecule has 0 fully saturated rings. The van der Waals surface area contributed by atoms with Crippen molar-refractivity contribution in [2.75, 3.05) is 13.2 Å². The van der Waals surface area contributed by atoms with Crippen LogP contribution in [-0.2, 0) is 0 Å². The van der Waals surface area contributed by atoms with E-state index in [0.29, 0.717) is 29.0 Å². The number of rotatable bonds is 6. The summed E-state index contributed by atoms with van der Waals surface area (Å²) in [6, 6.07) is 12.2. The molecule has 0 N–H and O–H groups in total. The molecule has 2 aromatic carbocycles. The van der Waals surface area contributed by atoms with Gasteiger partial charge >= 0.3 is 5.63 Å². The lowest BCUT2D eigenvalue weighted by molar-refractivity contribution is 0.299. The van der Waals surface area contributed by atoms with E-state index in [1.807, 2.05) is 6.92 Å². The van der Waals surface area contributed by atoms with Crippen molar-refractivity contribution >= 4 is 33.6 Å². The molecule has 0 aliphatic rings. The third-order valence-electron chi connectivity index (χ3n) is 3.61. The number of hydrogen-bond donors (Lipinski definition) is 0. The summed E-state index contributed by atoms with van der Waals surface area (Å²) < 4.78 is 16.3. The molecule has 0 atom stereocenters. The Labute approximate surface area is 161 Å². The number of halogens is 1. The lowest BCUT2D eigenvalue weighted by atomic mass is 10.2. The fourth-order valence-corrected chi connectivity index (χ4v) is 2.66. The molecule has 136 valence electrons. The maximum atomic E-state index is 12.1. The molecule has 0 radical (unpaired) electrons. The van der Waals surface area contributed by atoms with Gasteiger partial charge in [-0.15, -0.1) is 6.42 Å². The van der Waals surface area contributed by atoms with Crippen molar-refractivity contribution in [3.05, 3.63) is 64.3 Å². The third-order valence-corrected chi connectivity index (χ3v) is 3.88. The van der Waals surface area contributed by atoms with Crippen molar-refractivity contribution in [2.24, 2.45) is 0 Å². The first-order valence-corrected chi connectivity index (χ1v) is 8.60. The molecule has 0 saturated carbocycles. The van der Waals surface area contributed by atoms with Crippen molar-refractivity contribution < 1.29 is 13.9 Å². The average Bonchev–Trinajstić information content (AvgIpc) is 2.67. The van der Waals surface area contributed by atoms with Crippen LogP contribution in [0.4, 0.5) is 0 Å². The van der Waals surface area contributed by atoms with Crippen molar-refractivity contribution in [2.45, 2.75) is 6.92 Å². The first-order valence-electron chi connectivity index (χ1n) is 8.23. The fraction of sp³-hybridized carbons (Fsp3) is 0.143. The average molecular weight is 382 g/mol. The molecule has 0 bridgehead atoms. The molecule has 0 spiro atoms. The van der Waals surface area contributed by atoms with Crippen LogP contribution in [0.15, 0.2) is 51.7 Å². The van der Waals surface area contributed by atoms with Crippen LogP contribution in [0.25, 0.3) is 22.0 Å². The van der Waals surface area contributed by atoms with Crippen LogP contribution in [0.5, 0.6) is 11.5 Å². The number of terminal acetylenes is 1. The molecule has 5 nitrogen and oxygen atoms in total. The highest BCUT2D eigenvalue weighted by molar-refractivity contribution is 6.50. The maximum Gasteiger partial charge on any atom is 0.347 e. The molecule has 0 saturated heterocycles. The summed E-state index contributed by atoms with van der Waals surface area (Å²) >= 11 is 6.33. The van der Waals surface area contributed by atoms with E-state index in [4.69, 9.17) is 31.9 Å². The van der Waals surface area contributed by atoms with Gasteiger partial charge in [-0.25, -0.2) is 9.78 Å². The second kappa shape index (κ2) is 8.43. The zero-order valence-electron chi connectivity index (χ0n) is 14.6. The summed E-state index contributed by atoms with van der Waals surface area (Å²) in [4.78, 5) is 16.4. The Morgan fingerprint density at radius 1 is 1.26 bits per heavy atom. The molecule has 27 heavy (non-hydrogen) atoms. The Morgan fingerprint density at radius 2 is 2.07 bits per heavy atom. The Kier molecular flexibility index (Phi) is 5.80. The van der Waals surface area contributed by atoms with Crippen LogP contribution < -0.4 is 15.1 Å². The van der Waals surface area contributed by atoms with E-state index in [9.17, 15) is 4.79 Å². The molecule has 1 heterocycles. The van der Waals surface area contributed by atoms with Crippen LogP contribution >= 0.6 is 11.6 Å². The molecule has 1 aromatic heterocycles. The molecule has 0 aliphatic carbocycles. The van der Waals surface area contributed by atoms with Gasteiger partial charge in [0.1, 0.15) is 11.6 Å². The SMILES string of the molecule is C#CCOc1ccc(/C=C(\Cl)c2nc3ccccc3c(=O)o2)cc1OCC. The number of ether oxygens (including phenoxy) is 2. The van der Waals surface area contributed by atoms with E-state index >= 15 is 0 Å². The monoisotopic (exact) mass is 381 g/mol. The van der Waals surface area contributed by atoms with Crippen LogP contribution in [0, 0.1) is 12.3 Å². The largest absolute Gasteiger partial charge is 0.490 e. The van der Waals surface area contributed by atoms with Crippen molar-refractivity contribution in [1.82, 2.24) is 4.98 Å². The van der Waals surface area contributed by atoms with Gasteiger partial charge in [-0.2, -0.15) is 0 Å². The highest BCUT2D eigenvalue weighted by Gasteiger charge is 2.11. The Morgan fingerprint density at radius 3 is 2.85 bits per heavy atom. The van der Waals surface area contributed by atoms with Crippen LogP contribution in [0.2, 0.25) is 0 Å². The minimum atomic E-state index is -0.491. The van der Waals surface area contributed by atoms with Gasteiger partial charge in [0.15, 0.2) is 11.5 Å². The normalized spacial score (nSPS) is 11.2. The van der Waals surface area contributed by atoms with Crippen LogP contribution in [0.1, 0.15) is 18.4 Å². The van der Waals surface area contributed by atoms with Crippen molar-refractivity contribution in [1.29, 1.82) is 0 Å². The smallest absolute Gasteiger partial charge is 0.347 e. The minimum Gasteiger partial charge on any atom is -0.490 e. The van der Waals surface area contributed by atoms with Crippen molar-refractivity contribution in [3.63, 3.8) is 0 Å². The molecule has 0 unspecified atom stereocenters. The van der Waals surface area contributed by atoms with Gasteiger partial charge in [-0.1, -0.05) is 35.7 Å². The predicted molar refractivity (Wildman–Crippen MR) is 106 cm³/mol. The van der Waals surface area contributed by atoms with Crippen molar-refractivity contribution in [3.8, 4) is 23.8 Å². The van der Waals surface area contributed by atoms with E-state index in [-0.39, 0.29) is 17.5 Å². The summed E-state index contributed by atoms with van der Waals surface area (Å²) in [7, 11) is 0. The molecule has 3 rings (SSSR count). The number of para-hydroxylation sites is 1. The van der Waals surface area contributed by atoms with E-state index < -0.39 is 5.63 Å². The van der Waals surface area contributed by atoms with E-state index in [2.05, 4.69) is 10.9 Å². The molecule has 0 aliphatic heterocycles. The highest BCUT2D eigenvalue weighted by Crippen LogP contribution is 2.30. The number of aromatic nitrogens is 1. The van der Waals surface area contributed by atoms with Crippen LogP contribution in [-0.4, -0.2) is 18.2 Å². The topological polar surface area (TPSA) is 61.6 Å². The van der Waals surface area contributed by atoms with Gasteiger partial charge in [-0.3, -0.25) is 0 Å². The summed E-state index contributed by atoms with van der Waals surface area (Å²) in [6.07, 6.45) is 6.86. The fourth-order valence-electron chi connectivity index (χ4n) is 2.45. The van der Waals surface area contributed by atoms with Gasteiger partial charge in [0.05, 0.1) is 17.5 Å². The zero-order valence-corrected chi connectivity index (χ0v) is 15.3. The lowest BCUT2D eigenvalue weighted by Crippen LogP contribution is -2.03. The predicted octanol–water partition coefficient (Wildman–Crippen LogP) is 4.34.